The molecule has 1 amide bonds. The van der Waals surface area contributed by atoms with E-state index in [4.69, 9.17) is 17.3 Å². The van der Waals surface area contributed by atoms with E-state index in [-0.39, 0.29) is 11.1 Å². The van der Waals surface area contributed by atoms with Crippen LogP contribution in [-0.4, -0.2) is 15.9 Å². The smallest absolute Gasteiger partial charge is 0.257 e. The largest absolute Gasteiger partial charge is 0.399 e. The molecule has 0 unspecified atom stereocenters. The van der Waals surface area contributed by atoms with Crippen LogP contribution in [0.3, 0.4) is 0 Å². The second kappa shape index (κ2) is 5.38. The van der Waals surface area contributed by atoms with Crippen molar-refractivity contribution < 1.29 is 4.79 Å². The summed E-state index contributed by atoms with van der Waals surface area (Å²) in [5, 5.41) is 3.77. The fraction of sp³-hybridized carbons (Fsp3) is 0. The summed E-state index contributed by atoms with van der Waals surface area (Å²) in [4.78, 5) is 19.4. The Morgan fingerprint density at radius 1 is 1.38 bits per heavy atom. The number of fused-ring (bicyclic) bond motifs is 1. The van der Waals surface area contributed by atoms with E-state index in [0.717, 1.165) is 15.4 Å². The van der Waals surface area contributed by atoms with E-state index >= 15 is 0 Å². The lowest BCUT2D eigenvalue weighted by Gasteiger charge is -2.06. The SMILES string of the molecule is Nc1ccc2c(C(=O)Nc3cc(Br)cnc3Cl)c[nH]c2c1. The number of anilines is 2. The lowest BCUT2D eigenvalue weighted by atomic mass is 10.1. The van der Waals surface area contributed by atoms with Crippen LogP contribution in [0.15, 0.2) is 41.1 Å². The number of carbonyl (C=O) groups excluding carboxylic acids is 1. The zero-order valence-corrected chi connectivity index (χ0v) is 13.0. The Bertz CT molecular complexity index is 846. The molecule has 0 bridgehead atoms. The molecule has 1 aromatic carbocycles. The summed E-state index contributed by atoms with van der Waals surface area (Å²) < 4.78 is 0.730. The van der Waals surface area contributed by atoms with Gasteiger partial charge in [0.1, 0.15) is 0 Å². The van der Waals surface area contributed by atoms with Crippen molar-refractivity contribution in [1.29, 1.82) is 0 Å². The van der Waals surface area contributed by atoms with Crippen LogP contribution in [0, 0.1) is 0 Å². The van der Waals surface area contributed by atoms with Gasteiger partial charge in [0.15, 0.2) is 5.15 Å². The van der Waals surface area contributed by atoms with Gasteiger partial charge in [-0.2, -0.15) is 0 Å². The molecule has 0 radical (unpaired) electrons. The van der Waals surface area contributed by atoms with E-state index < -0.39 is 0 Å². The summed E-state index contributed by atoms with van der Waals surface area (Å²) in [6.07, 6.45) is 3.20. The number of aromatic nitrogens is 2. The molecule has 2 aromatic heterocycles. The summed E-state index contributed by atoms with van der Waals surface area (Å²) >= 11 is 9.26. The van der Waals surface area contributed by atoms with Crippen LogP contribution >= 0.6 is 27.5 Å². The minimum atomic E-state index is -0.271. The Hall–Kier alpha value is -2.05. The summed E-state index contributed by atoms with van der Waals surface area (Å²) in [7, 11) is 0. The second-order valence-corrected chi connectivity index (χ2v) is 5.73. The van der Waals surface area contributed by atoms with Gasteiger partial charge >= 0.3 is 0 Å². The van der Waals surface area contributed by atoms with Gasteiger partial charge in [0.25, 0.3) is 5.91 Å². The van der Waals surface area contributed by atoms with Crippen molar-refractivity contribution in [2.24, 2.45) is 0 Å². The van der Waals surface area contributed by atoms with Crippen LogP contribution in [0.5, 0.6) is 0 Å². The third kappa shape index (κ3) is 2.72. The Labute approximate surface area is 133 Å². The maximum absolute atomic E-state index is 12.4. The van der Waals surface area contributed by atoms with Crippen LogP contribution in [-0.2, 0) is 0 Å². The predicted octanol–water partition coefficient (Wildman–Crippen LogP) is 3.81. The van der Waals surface area contributed by atoms with E-state index in [9.17, 15) is 4.79 Å². The summed E-state index contributed by atoms with van der Waals surface area (Å²) in [6, 6.07) is 7.03. The fourth-order valence-corrected chi connectivity index (χ4v) is 2.51. The number of nitrogens with one attached hydrogen (secondary N) is 2. The highest BCUT2D eigenvalue weighted by Crippen LogP contribution is 2.25. The van der Waals surface area contributed by atoms with Gasteiger partial charge in [0.05, 0.1) is 11.3 Å². The molecule has 0 aliphatic heterocycles. The number of H-pyrrole nitrogens is 1. The first kappa shape index (κ1) is 13.9. The maximum Gasteiger partial charge on any atom is 0.257 e. The van der Waals surface area contributed by atoms with Gasteiger partial charge in [0, 0.05) is 33.5 Å². The predicted molar refractivity (Wildman–Crippen MR) is 87.6 cm³/mol. The minimum absolute atomic E-state index is 0.232. The molecular weight excluding hydrogens is 356 g/mol. The number of hydrogen-bond acceptors (Lipinski definition) is 3. The number of hydrogen-bond donors (Lipinski definition) is 3. The third-order valence-electron chi connectivity index (χ3n) is 3.00. The molecule has 3 rings (SSSR count). The van der Waals surface area contributed by atoms with Gasteiger partial charge in [-0.3, -0.25) is 4.79 Å². The summed E-state index contributed by atoms with van der Waals surface area (Å²) in [5.74, 6) is -0.271. The molecule has 0 saturated carbocycles. The molecule has 0 aliphatic rings. The monoisotopic (exact) mass is 364 g/mol. The highest BCUT2D eigenvalue weighted by Gasteiger charge is 2.14. The lowest BCUT2D eigenvalue weighted by molar-refractivity contribution is 0.102. The minimum Gasteiger partial charge on any atom is -0.399 e. The molecule has 0 aliphatic carbocycles. The van der Waals surface area contributed by atoms with E-state index in [2.05, 4.69) is 31.2 Å². The Balaban J connectivity index is 1.95. The summed E-state index contributed by atoms with van der Waals surface area (Å²) in [5.41, 5.74) is 8.12. The molecule has 0 spiro atoms. The van der Waals surface area contributed by atoms with Gasteiger partial charge in [-0.05, 0) is 40.2 Å². The molecule has 5 nitrogen and oxygen atoms in total. The van der Waals surface area contributed by atoms with Crippen LogP contribution in [0.1, 0.15) is 10.4 Å². The van der Waals surface area contributed by atoms with Crippen molar-refractivity contribution in [3.8, 4) is 0 Å². The van der Waals surface area contributed by atoms with E-state index in [1.165, 1.54) is 0 Å². The Morgan fingerprint density at radius 3 is 3.00 bits per heavy atom. The topological polar surface area (TPSA) is 83.8 Å². The van der Waals surface area contributed by atoms with Crippen LogP contribution in [0.4, 0.5) is 11.4 Å². The Morgan fingerprint density at radius 2 is 2.19 bits per heavy atom. The first-order chi connectivity index (χ1) is 10.0. The van der Waals surface area contributed by atoms with Crippen molar-refractivity contribution in [3.63, 3.8) is 0 Å². The van der Waals surface area contributed by atoms with Gasteiger partial charge < -0.3 is 16.0 Å². The molecular formula is C14H10BrClN4O. The number of rotatable bonds is 2. The number of nitrogens with zero attached hydrogens (tertiary/aromatic N) is 1. The lowest BCUT2D eigenvalue weighted by Crippen LogP contribution is -2.12. The highest BCUT2D eigenvalue weighted by atomic mass is 79.9. The number of nitrogen functional groups attached to an aromatic ring is 1. The molecule has 0 fully saturated rings. The Kier molecular flexibility index (Phi) is 3.57. The van der Waals surface area contributed by atoms with Crippen LogP contribution < -0.4 is 11.1 Å². The second-order valence-electron chi connectivity index (χ2n) is 4.45. The van der Waals surface area contributed by atoms with Crippen molar-refractivity contribution in [2.45, 2.75) is 0 Å². The maximum atomic E-state index is 12.4. The molecule has 0 saturated heterocycles. The van der Waals surface area contributed by atoms with Crippen LogP contribution in [0.25, 0.3) is 10.9 Å². The third-order valence-corrected chi connectivity index (χ3v) is 3.74. The van der Waals surface area contributed by atoms with Gasteiger partial charge in [-0.1, -0.05) is 11.6 Å². The first-order valence-corrected chi connectivity index (χ1v) is 7.20. The number of halogens is 2. The zero-order chi connectivity index (χ0) is 15.0. The molecule has 7 heteroatoms. The number of nitrogens with two attached hydrogens (primary N) is 1. The standard InChI is InChI=1S/C14H10BrClN4O/c15-7-3-12(13(16)19-5-7)20-14(21)10-6-18-11-4-8(17)1-2-9(10)11/h1-6,18H,17H2,(H,20,21). The van der Waals surface area contributed by atoms with E-state index in [0.29, 0.717) is 16.9 Å². The first-order valence-electron chi connectivity index (χ1n) is 6.03. The average molecular weight is 366 g/mol. The van der Waals surface area contributed by atoms with Crippen LogP contribution in [0.2, 0.25) is 5.15 Å². The highest BCUT2D eigenvalue weighted by molar-refractivity contribution is 9.10. The average Bonchev–Trinajstić information content (AvgIpc) is 2.85. The number of benzene rings is 1. The quantitative estimate of drug-likeness (QED) is 0.477. The molecule has 21 heavy (non-hydrogen) atoms. The molecule has 4 N–H and O–H groups in total. The van der Waals surface area contributed by atoms with Crippen molar-refractivity contribution in [3.05, 3.63) is 51.8 Å². The zero-order valence-electron chi connectivity index (χ0n) is 10.7. The molecule has 3 aromatic rings. The normalized spacial score (nSPS) is 10.8. The van der Waals surface area contributed by atoms with Crippen molar-refractivity contribution in [1.82, 2.24) is 9.97 Å². The van der Waals surface area contributed by atoms with Crippen molar-refractivity contribution in [2.75, 3.05) is 11.1 Å². The number of aromatic amines is 1. The van der Waals surface area contributed by atoms with Crippen molar-refractivity contribution >= 4 is 55.7 Å². The molecule has 2 heterocycles. The number of pyridine rings is 1. The molecule has 0 atom stereocenters. The van der Waals surface area contributed by atoms with Gasteiger partial charge in [-0.25, -0.2) is 4.98 Å². The number of carbonyl (C=O) groups is 1. The van der Waals surface area contributed by atoms with Gasteiger partial charge in [-0.15, -0.1) is 0 Å². The van der Waals surface area contributed by atoms with E-state index in [1.807, 2.05) is 0 Å². The molecule has 106 valence electrons. The van der Waals surface area contributed by atoms with E-state index in [1.54, 1.807) is 36.7 Å². The number of amides is 1. The summed E-state index contributed by atoms with van der Waals surface area (Å²) in [6.45, 7) is 0. The van der Waals surface area contributed by atoms with Gasteiger partial charge in [0.2, 0.25) is 0 Å². The fourth-order valence-electron chi connectivity index (χ4n) is 2.03.